The summed E-state index contributed by atoms with van der Waals surface area (Å²) < 4.78 is 5.37. The minimum atomic E-state index is -0.143. The van der Waals surface area contributed by atoms with Crippen molar-refractivity contribution in [1.82, 2.24) is 30.7 Å². The van der Waals surface area contributed by atoms with Gasteiger partial charge in [0.25, 0.3) is 0 Å². The molecule has 3 aliphatic rings. The molecule has 0 aliphatic carbocycles. The molecular formula is C21H38N6O3S. The summed E-state index contributed by atoms with van der Waals surface area (Å²) in [4.78, 5) is 31.3. The van der Waals surface area contributed by atoms with Crippen LogP contribution in [0.15, 0.2) is 0 Å². The molecule has 0 aromatic heterocycles. The molecule has 0 aromatic carbocycles. The molecule has 2 amide bonds. The zero-order valence-corrected chi connectivity index (χ0v) is 19.7. The van der Waals surface area contributed by atoms with E-state index in [0.717, 1.165) is 71.9 Å². The Labute approximate surface area is 191 Å². The van der Waals surface area contributed by atoms with Crippen molar-refractivity contribution in [3.63, 3.8) is 0 Å². The van der Waals surface area contributed by atoms with Crippen LogP contribution in [0.4, 0.5) is 0 Å². The molecule has 176 valence electrons. The first-order valence-corrected chi connectivity index (χ1v) is 12.1. The number of ether oxygens (including phenoxy) is 1. The predicted octanol–water partition coefficient (Wildman–Crippen LogP) is -0.627. The van der Waals surface area contributed by atoms with Gasteiger partial charge in [-0.1, -0.05) is 0 Å². The van der Waals surface area contributed by atoms with E-state index >= 15 is 0 Å². The summed E-state index contributed by atoms with van der Waals surface area (Å²) in [7, 11) is 0. The van der Waals surface area contributed by atoms with Crippen molar-refractivity contribution in [1.29, 1.82) is 0 Å². The van der Waals surface area contributed by atoms with Crippen molar-refractivity contribution in [3.05, 3.63) is 0 Å². The van der Waals surface area contributed by atoms with E-state index in [4.69, 9.17) is 17.0 Å². The smallest absolute Gasteiger partial charge is 0.237 e. The van der Waals surface area contributed by atoms with Gasteiger partial charge in [0.05, 0.1) is 19.3 Å². The van der Waals surface area contributed by atoms with E-state index in [9.17, 15) is 9.59 Å². The molecule has 3 heterocycles. The summed E-state index contributed by atoms with van der Waals surface area (Å²) in [6, 6.07) is 0.186. The molecule has 0 saturated carbocycles. The largest absolute Gasteiger partial charge is 0.379 e. The Morgan fingerprint density at radius 3 is 2.74 bits per heavy atom. The van der Waals surface area contributed by atoms with Gasteiger partial charge in [-0.15, -0.1) is 0 Å². The van der Waals surface area contributed by atoms with Gasteiger partial charge in [-0.3, -0.25) is 19.4 Å². The Hall–Kier alpha value is -1.49. The number of carbonyl (C=O) groups excluding carboxylic acids is 2. The summed E-state index contributed by atoms with van der Waals surface area (Å²) in [6.07, 6.45) is 2.02. The second-order valence-electron chi connectivity index (χ2n) is 8.50. The number of carbonyl (C=O) groups is 2. The number of fused-ring (bicyclic) bond motifs is 1. The Bertz CT molecular complexity index is 626. The zero-order valence-electron chi connectivity index (χ0n) is 18.9. The van der Waals surface area contributed by atoms with E-state index in [1.165, 1.54) is 0 Å². The fourth-order valence-electron chi connectivity index (χ4n) is 4.76. The molecule has 3 fully saturated rings. The average molecular weight is 455 g/mol. The van der Waals surface area contributed by atoms with Gasteiger partial charge in [0.1, 0.15) is 0 Å². The third kappa shape index (κ3) is 6.74. The normalized spacial score (nSPS) is 26.8. The summed E-state index contributed by atoms with van der Waals surface area (Å²) in [5.41, 5.74) is 0. The predicted molar refractivity (Wildman–Crippen MR) is 124 cm³/mol. The molecule has 31 heavy (non-hydrogen) atoms. The average Bonchev–Trinajstić information content (AvgIpc) is 3.19. The minimum absolute atomic E-state index is 0.0850. The lowest BCUT2D eigenvalue weighted by Gasteiger charge is -2.37. The molecule has 0 aromatic rings. The lowest BCUT2D eigenvalue weighted by atomic mass is 10.0. The van der Waals surface area contributed by atoms with Crippen LogP contribution >= 0.6 is 12.2 Å². The molecule has 0 bridgehead atoms. The third-order valence-electron chi connectivity index (χ3n) is 6.58. The standard InChI is InChI=1S/C21H38N6O3S/c1-3-26(4-2)19(28)6-5-17-14-23-20(29)18-13-16(15-27(17)18)24-21(31)22-7-8-25-9-11-30-12-10-25/h16-18H,3-15H2,1-2H3,(H,23,29)(H2,22,24,31)/t16-,17+,18-/m0/s1. The van der Waals surface area contributed by atoms with Gasteiger partial charge >= 0.3 is 0 Å². The number of thiocarbonyl (C=S) groups is 1. The number of piperazine rings is 1. The molecule has 0 unspecified atom stereocenters. The number of morpholine rings is 1. The molecular weight excluding hydrogens is 416 g/mol. The molecule has 3 N–H and O–H groups in total. The van der Waals surface area contributed by atoms with Crippen molar-refractivity contribution >= 4 is 29.1 Å². The van der Waals surface area contributed by atoms with Crippen LogP contribution in [0.5, 0.6) is 0 Å². The van der Waals surface area contributed by atoms with Crippen LogP contribution < -0.4 is 16.0 Å². The molecule has 3 atom stereocenters. The Morgan fingerprint density at radius 1 is 1.29 bits per heavy atom. The van der Waals surface area contributed by atoms with Crippen molar-refractivity contribution in [2.75, 3.05) is 65.6 Å². The van der Waals surface area contributed by atoms with Crippen molar-refractivity contribution in [2.24, 2.45) is 0 Å². The molecule has 10 heteroatoms. The summed E-state index contributed by atoms with van der Waals surface area (Å²) in [6.45, 7) is 12.1. The van der Waals surface area contributed by atoms with E-state index < -0.39 is 0 Å². The minimum Gasteiger partial charge on any atom is -0.379 e. The van der Waals surface area contributed by atoms with Gasteiger partial charge in [-0.2, -0.15) is 0 Å². The molecule has 9 nitrogen and oxygen atoms in total. The summed E-state index contributed by atoms with van der Waals surface area (Å²) >= 11 is 5.49. The van der Waals surface area contributed by atoms with Crippen LogP contribution in [0, 0.1) is 0 Å². The van der Waals surface area contributed by atoms with Gasteiger partial charge in [0, 0.05) is 70.9 Å². The number of hydrogen-bond donors (Lipinski definition) is 3. The quantitative estimate of drug-likeness (QED) is 0.397. The molecule has 3 aliphatic heterocycles. The highest BCUT2D eigenvalue weighted by molar-refractivity contribution is 7.80. The van der Waals surface area contributed by atoms with Gasteiger partial charge in [-0.05, 0) is 38.9 Å². The van der Waals surface area contributed by atoms with E-state index in [0.29, 0.717) is 18.1 Å². The second kappa shape index (κ2) is 11.9. The zero-order chi connectivity index (χ0) is 22.2. The summed E-state index contributed by atoms with van der Waals surface area (Å²) in [5.74, 6) is 0.278. The lowest BCUT2D eigenvalue weighted by Crippen LogP contribution is -2.58. The molecule has 0 radical (unpaired) electrons. The monoisotopic (exact) mass is 454 g/mol. The first-order chi connectivity index (χ1) is 15.0. The van der Waals surface area contributed by atoms with E-state index in [1.807, 2.05) is 18.7 Å². The van der Waals surface area contributed by atoms with Crippen LogP contribution in [0.25, 0.3) is 0 Å². The maximum atomic E-state index is 12.4. The molecule has 3 saturated heterocycles. The number of nitrogens with zero attached hydrogens (tertiary/aromatic N) is 3. The Balaban J connectivity index is 1.43. The first-order valence-electron chi connectivity index (χ1n) is 11.7. The SMILES string of the molecule is CCN(CC)C(=O)CC[C@@H]1CNC(=O)[C@@H]2C[C@H](NC(=S)NCCN3CCOCC3)CN12. The maximum absolute atomic E-state index is 12.4. The van der Waals surface area contributed by atoms with Crippen LogP contribution in [-0.4, -0.2) is 115 Å². The van der Waals surface area contributed by atoms with E-state index in [1.54, 1.807) is 0 Å². The van der Waals surface area contributed by atoms with Gasteiger partial charge in [0.2, 0.25) is 11.8 Å². The molecule has 0 spiro atoms. The van der Waals surface area contributed by atoms with E-state index in [2.05, 4.69) is 25.8 Å². The third-order valence-corrected chi connectivity index (χ3v) is 6.85. The van der Waals surface area contributed by atoms with Crippen LogP contribution in [0.1, 0.15) is 33.1 Å². The second-order valence-corrected chi connectivity index (χ2v) is 8.91. The highest BCUT2D eigenvalue weighted by atomic mass is 32.1. The van der Waals surface area contributed by atoms with Gasteiger partial charge < -0.3 is 25.6 Å². The van der Waals surface area contributed by atoms with E-state index in [-0.39, 0.29) is 29.9 Å². The Kier molecular flexibility index (Phi) is 9.30. The van der Waals surface area contributed by atoms with Crippen LogP contribution in [0.3, 0.4) is 0 Å². The van der Waals surface area contributed by atoms with Crippen LogP contribution in [-0.2, 0) is 14.3 Å². The lowest BCUT2D eigenvalue weighted by molar-refractivity contribution is -0.132. The maximum Gasteiger partial charge on any atom is 0.237 e. The number of hydrogen-bond acceptors (Lipinski definition) is 6. The fourth-order valence-corrected chi connectivity index (χ4v) is 5.03. The first kappa shape index (κ1) is 24.2. The van der Waals surface area contributed by atoms with Gasteiger partial charge in [0.15, 0.2) is 5.11 Å². The highest BCUT2D eigenvalue weighted by Crippen LogP contribution is 2.26. The van der Waals surface area contributed by atoms with Gasteiger partial charge in [-0.25, -0.2) is 0 Å². The number of nitrogens with one attached hydrogen (secondary N) is 3. The Morgan fingerprint density at radius 2 is 2.03 bits per heavy atom. The van der Waals surface area contributed by atoms with Crippen LogP contribution in [0.2, 0.25) is 0 Å². The number of rotatable bonds is 9. The van der Waals surface area contributed by atoms with Crippen molar-refractivity contribution < 1.29 is 14.3 Å². The fraction of sp³-hybridized carbons (Fsp3) is 0.857. The highest BCUT2D eigenvalue weighted by Gasteiger charge is 2.43. The number of amides is 2. The van der Waals surface area contributed by atoms with Crippen molar-refractivity contribution in [3.8, 4) is 0 Å². The topological polar surface area (TPSA) is 89.2 Å². The summed E-state index contributed by atoms with van der Waals surface area (Å²) in [5, 5.41) is 10.4. The van der Waals surface area contributed by atoms with Crippen molar-refractivity contribution in [2.45, 2.75) is 51.2 Å². The molecule has 3 rings (SSSR count).